The lowest BCUT2D eigenvalue weighted by molar-refractivity contribution is -0.0589. The molecule has 7 rings (SSSR count). The number of rotatable bonds is 8. The predicted molar refractivity (Wildman–Crippen MR) is 179 cm³/mol. The van der Waals surface area contributed by atoms with Crippen LogP contribution in [0.15, 0.2) is 60.0 Å². The van der Waals surface area contributed by atoms with E-state index in [9.17, 15) is 18.3 Å². The lowest BCUT2D eigenvalue weighted by atomic mass is 9.65. The van der Waals surface area contributed by atoms with Crippen LogP contribution >= 0.6 is 11.6 Å². The number of hydrogen-bond acceptors (Lipinski definition) is 8. The first-order valence-electron chi connectivity index (χ1n) is 16.8. The Morgan fingerprint density at radius 2 is 1.96 bits per heavy atom. The number of carboxylic acids is 1. The van der Waals surface area contributed by atoms with Gasteiger partial charge in [0.05, 0.1) is 29.2 Å². The van der Waals surface area contributed by atoms with Crippen molar-refractivity contribution < 1.29 is 27.8 Å². The molecule has 0 radical (unpaired) electrons. The highest BCUT2D eigenvalue weighted by Gasteiger charge is 2.47. The Kier molecular flexibility index (Phi) is 8.95. The molecular formula is C36H42ClN3O6S. The Morgan fingerprint density at radius 1 is 1.13 bits per heavy atom. The molecular weight excluding hydrogens is 638 g/mol. The number of aryl methyl sites for hydroxylation is 1. The fraction of sp³-hybridized carbons (Fsp3) is 0.528. The molecule has 2 fully saturated rings. The van der Waals surface area contributed by atoms with Gasteiger partial charge in [0.15, 0.2) is 0 Å². The summed E-state index contributed by atoms with van der Waals surface area (Å²) >= 11 is 6.42. The molecule has 47 heavy (non-hydrogen) atoms. The molecule has 3 aliphatic carbocycles. The van der Waals surface area contributed by atoms with Crippen LogP contribution in [0.25, 0.3) is 0 Å². The molecule has 250 valence electrons. The van der Waals surface area contributed by atoms with Crippen LogP contribution in [0.2, 0.25) is 5.02 Å². The van der Waals surface area contributed by atoms with Crippen LogP contribution in [0.4, 0.5) is 5.69 Å². The number of halogens is 1. The van der Waals surface area contributed by atoms with Gasteiger partial charge < -0.3 is 19.5 Å². The zero-order valence-corrected chi connectivity index (χ0v) is 28.3. The van der Waals surface area contributed by atoms with Crippen molar-refractivity contribution >= 4 is 33.1 Å². The van der Waals surface area contributed by atoms with Crippen molar-refractivity contribution in [2.24, 2.45) is 17.8 Å². The molecule has 2 aromatic carbocycles. The van der Waals surface area contributed by atoms with Crippen LogP contribution in [-0.2, 0) is 26.4 Å². The Morgan fingerprint density at radius 3 is 2.70 bits per heavy atom. The van der Waals surface area contributed by atoms with Gasteiger partial charge in [0, 0.05) is 43.0 Å². The van der Waals surface area contributed by atoms with E-state index in [0.29, 0.717) is 37.7 Å². The fourth-order valence-corrected chi connectivity index (χ4v) is 10.7. The van der Waals surface area contributed by atoms with Crippen LogP contribution in [0.3, 0.4) is 0 Å². The highest BCUT2D eigenvalue weighted by molar-refractivity contribution is 7.91. The van der Waals surface area contributed by atoms with Gasteiger partial charge in [-0.05, 0) is 117 Å². The molecule has 1 spiro atoms. The van der Waals surface area contributed by atoms with Crippen molar-refractivity contribution in [2.45, 2.75) is 79.7 Å². The molecule has 0 unspecified atom stereocenters. The van der Waals surface area contributed by atoms with E-state index in [-0.39, 0.29) is 34.1 Å². The first-order chi connectivity index (χ1) is 22.7. The molecule has 6 atom stereocenters. The summed E-state index contributed by atoms with van der Waals surface area (Å²) < 4.78 is 39.7. The van der Waals surface area contributed by atoms with Gasteiger partial charge in [-0.3, -0.25) is 0 Å². The van der Waals surface area contributed by atoms with E-state index in [1.54, 1.807) is 31.4 Å². The Hall–Kier alpha value is -3.21. The van der Waals surface area contributed by atoms with Crippen LogP contribution < -0.4 is 9.64 Å². The van der Waals surface area contributed by atoms with Gasteiger partial charge in [-0.25, -0.2) is 23.2 Å². The first kappa shape index (κ1) is 32.3. The quantitative estimate of drug-likeness (QED) is 0.271. The maximum Gasteiger partial charge on any atom is 0.335 e. The van der Waals surface area contributed by atoms with Gasteiger partial charge in [-0.15, -0.1) is 0 Å². The molecule has 4 aliphatic rings. The van der Waals surface area contributed by atoms with Crippen molar-refractivity contribution in [1.29, 1.82) is 0 Å². The second-order valence-electron chi connectivity index (χ2n) is 13.9. The van der Waals surface area contributed by atoms with Gasteiger partial charge in [0.2, 0.25) is 15.0 Å². The molecule has 3 aromatic rings. The average Bonchev–Trinajstić information content (AvgIpc) is 3.22. The van der Waals surface area contributed by atoms with Crippen molar-refractivity contribution in [1.82, 2.24) is 9.97 Å². The second-order valence-corrected chi connectivity index (χ2v) is 16.5. The molecule has 0 saturated heterocycles. The minimum Gasteiger partial charge on any atom is -0.490 e. The van der Waals surface area contributed by atoms with Gasteiger partial charge in [0.1, 0.15) is 5.75 Å². The zero-order valence-electron chi connectivity index (χ0n) is 26.7. The van der Waals surface area contributed by atoms with Crippen LogP contribution in [0, 0.1) is 17.8 Å². The lowest BCUT2D eigenvalue weighted by Gasteiger charge is -2.48. The highest BCUT2D eigenvalue weighted by atomic mass is 35.5. The summed E-state index contributed by atoms with van der Waals surface area (Å²) in [5.41, 5.74) is 3.31. The van der Waals surface area contributed by atoms with Crippen molar-refractivity contribution in [3.8, 4) is 5.75 Å². The monoisotopic (exact) mass is 679 g/mol. The number of aromatic nitrogens is 2. The lowest BCUT2D eigenvalue weighted by Crippen LogP contribution is -2.51. The number of ether oxygens (including phenoxy) is 2. The number of hydrogen-bond donors (Lipinski definition) is 1. The highest BCUT2D eigenvalue weighted by Crippen LogP contribution is 2.48. The fourth-order valence-electron chi connectivity index (χ4n) is 8.84. The smallest absolute Gasteiger partial charge is 0.335 e. The summed E-state index contributed by atoms with van der Waals surface area (Å²) in [5, 5.41) is 10.0. The molecule has 1 N–H and O–H groups in total. The van der Waals surface area contributed by atoms with E-state index in [1.165, 1.54) is 23.5 Å². The minimum absolute atomic E-state index is 0.0667. The van der Waals surface area contributed by atoms with Crippen molar-refractivity contribution in [3.05, 3.63) is 76.6 Å². The van der Waals surface area contributed by atoms with Gasteiger partial charge in [0.25, 0.3) is 0 Å². The third-order valence-electron chi connectivity index (χ3n) is 11.3. The molecule has 2 heterocycles. The van der Waals surface area contributed by atoms with Crippen LogP contribution in [-0.4, -0.2) is 67.6 Å². The summed E-state index contributed by atoms with van der Waals surface area (Å²) in [4.78, 5) is 22.6. The molecule has 1 aromatic heterocycles. The molecule has 0 amide bonds. The van der Waals surface area contributed by atoms with E-state index in [1.807, 2.05) is 6.07 Å². The van der Waals surface area contributed by atoms with Crippen molar-refractivity contribution in [3.63, 3.8) is 0 Å². The van der Waals surface area contributed by atoms with Gasteiger partial charge >= 0.3 is 5.97 Å². The minimum atomic E-state index is -3.64. The number of benzene rings is 2. The third-order valence-corrected chi connectivity index (χ3v) is 13.5. The Bertz CT molecular complexity index is 1740. The molecule has 9 nitrogen and oxygen atoms in total. The number of sulfone groups is 1. The number of anilines is 1. The first-order valence-corrected chi connectivity index (χ1v) is 18.7. The van der Waals surface area contributed by atoms with Gasteiger partial charge in [-0.2, -0.15) is 0 Å². The second kappa shape index (κ2) is 13.0. The van der Waals surface area contributed by atoms with E-state index in [0.717, 1.165) is 62.2 Å². The number of methoxy groups -OCH3 is 1. The largest absolute Gasteiger partial charge is 0.490 e. The third kappa shape index (κ3) is 6.13. The Labute approximate surface area is 281 Å². The molecule has 1 aliphatic heterocycles. The maximum atomic E-state index is 13.5. The number of carboxylic acid groups (broad SMARTS) is 1. The van der Waals surface area contributed by atoms with Crippen molar-refractivity contribution in [2.75, 3.05) is 31.7 Å². The summed E-state index contributed by atoms with van der Waals surface area (Å²) in [6, 6.07) is 13.0. The summed E-state index contributed by atoms with van der Waals surface area (Å²) in [7, 11) is -1.88. The number of aromatic carboxylic acids is 1. The topological polar surface area (TPSA) is 119 Å². The van der Waals surface area contributed by atoms with Crippen LogP contribution in [0.1, 0.15) is 72.9 Å². The normalized spacial score (nSPS) is 27.9. The summed E-state index contributed by atoms with van der Waals surface area (Å²) in [6.07, 6.45) is 10.8. The summed E-state index contributed by atoms with van der Waals surface area (Å²) in [6.45, 7) is 1.95. The molecule has 0 bridgehead atoms. The predicted octanol–water partition coefficient (Wildman–Crippen LogP) is 6.38. The Balaban J connectivity index is 1.16. The molecule has 2 saturated carbocycles. The van der Waals surface area contributed by atoms with E-state index in [2.05, 4.69) is 27.0 Å². The zero-order chi connectivity index (χ0) is 32.8. The van der Waals surface area contributed by atoms with Crippen LogP contribution in [0.5, 0.6) is 5.75 Å². The molecule has 11 heteroatoms. The number of carbonyl (C=O) groups is 1. The van der Waals surface area contributed by atoms with E-state index in [4.69, 9.17) is 21.1 Å². The number of fused-ring (bicyclic) bond motifs is 3. The van der Waals surface area contributed by atoms with E-state index >= 15 is 0 Å². The van der Waals surface area contributed by atoms with E-state index < -0.39 is 21.1 Å². The SMILES string of the molecule is CO[C@@H]([C@@H]1CCC[C@@H](S(=O)(=O)c2ncccn2)C1)[C@@H]1CC[C@H]1CN1C[C@@]2(CCCc3cc(Cl)ccc32)COc2ccc(C(=O)O)cc21. The summed E-state index contributed by atoms with van der Waals surface area (Å²) in [5.74, 6) is 0.426. The average molecular weight is 680 g/mol. The standard InChI is InChI=1S/C36H42ClN3O6S/c1-45-33(24-5-2-7-28(18-24)47(43,44)35-38-15-4-16-39-35)29-11-8-26(29)20-40-21-36(14-3-6-23-17-27(37)10-12-30(23)36)22-46-32-13-9-25(34(41)42)19-31(32)40/h4,9-10,12-13,15-17,19,24,26,28-29,33H,2-3,5-8,11,14,18,20-22H2,1H3,(H,41,42)/t24-,26+,28-,29-,33+,36+/m1/s1. The maximum absolute atomic E-state index is 13.5. The number of nitrogens with zero attached hydrogens (tertiary/aromatic N) is 3. The van der Waals surface area contributed by atoms with Gasteiger partial charge in [-0.1, -0.05) is 24.1 Å².